The molecule has 0 radical (unpaired) electrons. The lowest BCUT2D eigenvalue weighted by Crippen LogP contribution is -2.34. The Hall–Kier alpha value is -3.78. The van der Waals surface area contributed by atoms with E-state index in [9.17, 15) is 14.0 Å². The van der Waals surface area contributed by atoms with E-state index in [1.807, 2.05) is 55.1 Å². The summed E-state index contributed by atoms with van der Waals surface area (Å²) in [5, 5.41) is 5.85. The fourth-order valence-corrected chi connectivity index (χ4v) is 5.35. The maximum atomic E-state index is 13.4. The molecule has 7 nitrogen and oxygen atoms in total. The molecule has 0 spiro atoms. The number of nitrogens with zero attached hydrogens (tertiary/aromatic N) is 2. The largest absolute Gasteiger partial charge is 0.383 e. The number of nitrogen functional groups attached to an aromatic ring is 1. The predicted octanol–water partition coefficient (Wildman–Crippen LogP) is 3.67. The summed E-state index contributed by atoms with van der Waals surface area (Å²) in [6.45, 7) is 6.80. The van der Waals surface area contributed by atoms with Crippen molar-refractivity contribution in [2.75, 3.05) is 38.5 Å². The number of anilines is 1. The molecule has 3 heterocycles. The molecule has 192 valence electrons. The summed E-state index contributed by atoms with van der Waals surface area (Å²) in [7, 11) is 0. The Morgan fingerprint density at radius 3 is 2.65 bits per heavy atom. The van der Waals surface area contributed by atoms with E-state index in [2.05, 4.69) is 15.6 Å². The van der Waals surface area contributed by atoms with Crippen LogP contribution in [0.3, 0.4) is 0 Å². The fraction of sp³-hybridized carbons (Fsp3) is 0.345. The zero-order valence-corrected chi connectivity index (χ0v) is 21.2. The molecule has 1 atom stereocenters. The molecule has 37 heavy (non-hydrogen) atoms. The maximum absolute atomic E-state index is 13.4. The van der Waals surface area contributed by atoms with Crippen LogP contribution in [0.2, 0.25) is 0 Å². The molecule has 0 bridgehead atoms. The number of likely N-dealkylation sites (tertiary alicyclic amines) is 1. The molecule has 0 saturated carbocycles. The number of aryl methyl sites for hydroxylation is 2. The zero-order valence-electron chi connectivity index (χ0n) is 21.2. The zero-order chi connectivity index (χ0) is 26.1. The number of halogens is 1. The first kappa shape index (κ1) is 24.9. The molecule has 1 fully saturated rings. The highest BCUT2D eigenvalue weighted by molar-refractivity contribution is 5.98. The first-order chi connectivity index (χ1) is 17.8. The molecule has 3 aromatic rings. The molecule has 1 saturated heterocycles. The van der Waals surface area contributed by atoms with Crippen LogP contribution in [0, 0.1) is 13.8 Å². The number of nitrogens with one attached hydrogen (secondary N) is 2. The van der Waals surface area contributed by atoms with Gasteiger partial charge in [-0.25, -0.2) is 9.37 Å². The minimum atomic E-state index is -0.759. The third-order valence-electron chi connectivity index (χ3n) is 7.28. The number of amides is 2. The number of carbonyl (C=O) groups is 2. The van der Waals surface area contributed by atoms with E-state index in [0.29, 0.717) is 49.5 Å². The van der Waals surface area contributed by atoms with Gasteiger partial charge in [-0.1, -0.05) is 24.3 Å². The molecule has 0 aliphatic carbocycles. The lowest BCUT2D eigenvalue weighted by atomic mass is 9.92. The molecule has 2 amide bonds. The Kier molecular flexibility index (Phi) is 6.93. The first-order valence-corrected chi connectivity index (χ1v) is 12.7. The SMILES string of the molecule is Cc1cc(-c2cnc(N)c(-c3ccc4c(c3)CCNC4=O)c2)cc(C)c1C(=O)NCCN1CC[C@H](F)C1. The molecule has 2 aliphatic heterocycles. The van der Waals surface area contributed by atoms with Crippen molar-refractivity contribution >= 4 is 17.6 Å². The van der Waals surface area contributed by atoms with E-state index < -0.39 is 6.17 Å². The van der Waals surface area contributed by atoms with Crippen molar-refractivity contribution in [2.45, 2.75) is 32.9 Å². The number of fused-ring (bicyclic) bond motifs is 1. The average molecular weight is 502 g/mol. The Morgan fingerprint density at radius 1 is 1.14 bits per heavy atom. The number of aromatic nitrogens is 1. The number of nitrogens with two attached hydrogens (primary N) is 1. The average Bonchev–Trinajstić information content (AvgIpc) is 3.28. The minimum Gasteiger partial charge on any atom is -0.383 e. The molecule has 8 heteroatoms. The maximum Gasteiger partial charge on any atom is 0.251 e. The van der Waals surface area contributed by atoms with Gasteiger partial charge in [0, 0.05) is 61.2 Å². The van der Waals surface area contributed by atoms with E-state index >= 15 is 0 Å². The molecular weight excluding hydrogens is 469 g/mol. The van der Waals surface area contributed by atoms with E-state index in [-0.39, 0.29) is 11.8 Å². The topological polar surface area (TPSA) is 100 Å². The Balaban J connectivity index is 1.36. The summed E-state index contributed by atoms with van der Waals surface area (Å²) < 4.78 is 13.4. The molecule has 1 aromatic heterocycles. The van der Waals surface area contributed by atoms with E-state index in [0.717, 1.165) is 51.9 Å². The Labute approximate surface area is 216 Å². The van der Waals surface area contributed by atoms with Crippen LogP contribution in [0.25, 0.3) is 22.3 Å². The summed E-state index contributed by atoms with van der Waals surface area (Å²) in [6, 6.07) is 11.8. The molecule has 0 unspecified atom stereocenters. The van der Waals surface area contributed by atoms with Crippen molar-refractivity contribution in [1.29, 1.82) is 0 Å². The van der Waals surface area contributed by atoms with Gasteiger partial charge < -0.3 is 16.4 Å². The number of hydrogen-bond acceptors (Lipinski definition) is 5. The second kappa shape index (κ2) is 10.3. The van der Waals surface area contributed by atoms with Crippen molar-refractivity contribution in [1.82, 2.24) is 20.5 Å². The number of pyridine rings is 1. The van der Waals surface area contributed by atoms with E-state index in [4.69, 9.17) is 5.73 Å². The number of rotatable bonds is 6. The second-order valence-corrected chi connectivity index (χ2v) is 9.96. The van der Waals surface area contributed by atoms with Crippen LogP contribution in [0.4, 0.5) is 10.2 Å². The lowest BCUT2D eigenvalue weighted by Gasteiger charge is -2.18. The number of alkyl halides is 1. The van der Waals surface area contributed by atoms with Crippen LogP contribution in [-0.4, -0.2) is 60.6 Å². The quantitative estimate of drug-likeness (QED) is 0.479. The van der Waals surface area contributed by atoms with Crippen LogP contribution in [-0.2, 0) is 6.42 Å². The van der Waals surface area contributed by atoms with Crippen molar-refractivity contribution in [2.24, 2.45) is 0 Å². The van der Waals surface area contributed by atoms with Crippen LogP contribution >= 0.6 is 0 Å². The summed E-state index contributed by atoms with van der Waals surface area (Å²) in [5.74, 6) is 0.254. The summed E-state index contributed by atoms with van der Waals surface area (Å²) in [6.07, 6.45) is 2.33. The molecule has 5 rings (SSSR count). The summed E-state index contributed by atoms with van der Waals surface area (Å²) in [4.78, 5) is 31.5. The summed E-state index contributed by atoms with van der Waals surface area (Å²) in [5.41, 5.74) is 13.9. The molecule has 4 N–H and O–H groups in total. The van der Waals surface area contributed by atoms with Gasteiger partial charge in [0.1, 0.15) is 12.0 Å². The number of hydrogen-bond donors (Lipinski definition) is 3. The first-order valence-electron chi connectivity index (χ1n) is 12.7. The minimum absolute atomic E-state index is 0.0489. The van der Waals surface area contributed by atoms with Gasteiger partial charge >= 0.3 is 0 Å². The number of benzene rings is 2. The normalized spacial score (nSPS) is 17.4. The van der Waals surface area contributed by atoms with Crippen molar-refractivity contribution in [3.63, 3.8) is 0 Å². The molecule has 2 aliphatic rings. The Bertz CT molecular complexity index is 1350. The fourth-order valence-electron chi connectivity index (χ4n) is 5.35. The van der Waals surface area contributed by atoms with Crippen molar-refractivity contribution < 1.29 is 14.0 Å². The van der Waals surface area contributed by atoms with Crippen molar-refractivity contribution in [3.05, 3.63) is 70.4 Å². The van der Waals surface area contributed by atoms with Crippen LogP contribution in [0.5, 0.6) is 0 Å². The van der Waals surface area contributed by atoms with Gasteiger partial charge in [-0.15, -0.1) is 0 Å². The monoisotopic (exact) mass is 501 g/mol. The smallest absolute Gasteiger partial charge is 0.251 e. The lowest BCUT2D eigenvalue weighted by molar-refractivity contribution is 0.0938. The van der Waals surface area contributed by atoms with Gasteiger partial charge in [0.2, 0.25) is 0 Å². The van der Waals surface area contributed by atoms with Gasteiger partial charge in [-0.05, 0) is 66.6 Å². The van der Waals surface area contributed by atoms with Crippen LogP contribution in [0.1, 0.15) is 43.8 Å². The van der Waals surface area contributed by atoms with Gasteiger partial charge in [-0.3, -0.25) is 14.5 Å². The number of carbonyl (C=O) groups excluding carboxylic acids is 2. The third-order valence-corrected chi connectivity index (χ3v) is 7.28. The predicted molar refractivity (Wildman–Crippen MR) is 143 cm³/mol. The standard InChI is InChI=1S/C29H32FN5O2/c1-17-11-21(12-18(2)26(17)29(37)33-8-10-35-9-6-23(30)16-35)22-14-25(27(31)34-15-22)19-3-4-24-20(13-19)5-7-32-28(24)36/h3-4,11-15,23H,5-10,16H2,1-2H3,(H2,31,34)(H,32,36)(H,33,37)/t23-/m0/s1. The molecule has 2 aromatic carbocycles. The van der Waals surface area contributed by atoms with Gasteiger partial charge in [0.25, 0.3) is 11.8 Å². The Morgan fingerprint density at radius 2 is 1.92 bits per heavy atom. The third kappa shape index (κ3) is 5.20. The highest BCUT2D eigenvalue weighted by Gasteiger charge is 2.22. The van der Waals surface area contributed by atoms with E-state index in [1.165, 1.54) is 0 Å². The highest BCUT2D eigenvalue weighted by Crippen LogP contribution is 2.33. The van der Waals surface area contributed by atoms with E-state index in [1.54, 1.807) is 6.20 Å². The van der Waals surface area contributed by atoms with Gasteiger partial charge in [0.15, 0.2) is 0 Å². The van der Waals surface area contributed by atoms with Crippen molar-refractivity contribution in [3.8, 4) is 22.3 Å². The highest BCUT2D eigenvalue weighted by atomic mass is 19.1. The molecular formula is C29H32FN5O2. The van der Waals surface area contributed by atoms with Crippen LogP contribution in [0.15, 0.2) is 42.6 Å². The van der Waals surface area contributed by atoms with Gasteiger partial charge in [0.05, 0.1) is 0 Å². The van der Waals surface area contributed by atoms with Crippen LogP contribution < -0.4 is 16.4 Å². The summed E-state index contributed by atoms with van der Waals surface area (Å²) >= 11 is 0. The second-order valence-electron chi connectivity index (χ2n) is 9.96. The van der Waals surface area contributed by atoms with Gasteiger partial charge in [-0.2, -0.15) is 0 Å².